The number of hydrogen-bond donors (Lipinski definition) is 1. The molecule has 0 aliphatic rings. The van der Waals surface area contributed by atoms with Crippen LogP contribution in [0.4, 0.5) is 0 Å². The molecule has 0 radical (unpaired) electrons. The van der Waals surface area contributed by atoms with Crippen LogP contribution in [0.3, 0.4) is 0 Å². The van der Waals surface area contributed by atoms with Crippen LogP contribution >= 0.6 is 7.82 Å². The van der Waals surface area contributed by atoms with Gasteiger partial charge in [-0.25, -0.2) is 4.57 Å². The lowest BCUT2D eigenvalue weighted by Gasteiger charge is -2.19. The molecule has 0 saturated carbocycles. The molecule has 0 saturated heterocycles. The number of unbranched alkanes of at least 4 members (excludes halogenated alkanes) is 16. The summed E-state index contributed by atoms with van der Waals surface area (Å²) in [5, 5.41) is 0. The number of phosphoric ester groups is 1. The van der Waals surface area contributed by atoms with Crippen LogP contribution in [-0.4, -0.2) is 42.8 Å². The van der Waals surface area contributed by atoms with Gasteiger partial charge in [-0.3, -0.25) is 18.6 Å². The first-order valence-electron chi connectivity index (χ1n) is 22.2. The first-order valence-corrected chi connectivity index (χ1v) is 23.7. The summed E-state index contributed by atoms with van der Waals surface area (Å²) in [6.07, 6.45) is 52.7. The van der Waals surface area contributed by atoms with E-state index >= 15 is 0 Å². The van der Waals surface area contributed by atoms with Crippen molar-refractivity contribution in [1.82, 2.24) is 0 Å². The molecule has 0 rings (SSSR count). The number of allylic oxidation sites excluding steroid dienone is 12. The molecule has 322 valence electrons. The van der Waals surface area contributed by atoms with Crippen LogP contribution in [0.2, 0.25) is 0 Å². The quantitative estimate of drug-likeness (QED) is 0.0282. The lowest BCUT2D eigenvalue weighted by Crippen LogP contribution is -2.29. The van der Waals surface area contributed by atoms with Gasteiger partial charge in [-0.15, -0.1) is 0 Å². The minimum Gasteiger partial charge on any atom is -0.462 e. The molecular weight excluding hydrogens is 723 g/mol. The smallest absolute Gasteiger partial charge is 0.462 e. The van der Waals surface area contributed by atoms with Gasteiger partial charge in [-0.05, 0) is 77.6 Å². The predicted octanol–water partition coefficient (Wildman–Crippen LogP) is 14.1. The Morgan fingerprint density at radius 2 is 0.946 bits per heavy atom. The fraction of sp³-hybridized carbons (Fsp3) is 0.702. The topological polar surface area (TPSA) is 108 Å². The van der Waals surface area contributed by atoms with E-state index in [9.17, 15) is 19.0 Å². The summed E-state index contributed by atoms with van der Waals surface area (Å²) in [6.45, 7) is 5.25. The van der Waals surface area contributed by atoms with Crippen molar-refractivity contribution in [3.8, 4) is 0 Å². The standard InChI is InChI=1S/C47H81O8P/c1-4-7-9-11-13-15-17-19-20-21-22-23-24-25-26-27-28-30-31-33-35-37-39-41-46(48)52-43-45(44-54-56(50,51)53-6-3)55-47(49)42-40-38-36-34-32-29-18-16-14-12-10-8-5-2/h8,10,14,16-17,19,21-22,29,32,36,38,45H,4-7,9,11-13,15,18,20,23-28,30-31,33-35,37,39-44H2,1-3H3,(H,50,51)/b10-8-,16-14-,19-17-,22-21-,32-29-,38-36-. The lowest BCUT2D eigenvalue weighted by molar-refractivity contribution is -0.161. The van der Waals surface area contributed by atoms with Crippen LogP contribution in [0, 0.1) is 0 Å². The second-order valence-electron chi connectivity index (χ2n) is 14.3. The van der Waals surface area contributed by atoms with Gasteiger partial charge in [-0.2, -0.15) is 0 Å². The van der Waals surface area contributed by atoms with Crippen LogP contribution < -0.4 is 0 Å². The fourth-order valence-corrected chi connectivity index (χ4v) is 6.55. The maximum atomic E-state index is 12.5. The van der Waals surface area contributed by atoms with Crippen molar-refractivity contribution in [1.29, 1.82) is 0 Å². The van der Waals surface area contributed by atoms with Crippen molar-refractivity contribution in [2.75, 3.05) is 19.8 Å². The normalized spacial score (nSPS) is 14.0. The second-order valence-corrected chi connectivity index (χ2v) is 15.8. The Hall–Kier alpha value is -2.51. The van der Waals surface area contributed by atoms with Crippen molar-refractivity contribution >= 4 is 19.8 Å². The molecule has 2 atom stereocenters. The minimum atomic E-state index is -4.30. The average Bonchev–Trinajstić information content (AvgIpc) is 3.18. The third-order valence-electron chi connectivity index (χ3n) is 9.01. The van der Waals surface area contributed by atoms with Crippen molar-refractivity contribution < 1.29 is 37.6 Å². The van der Waals surface area contributed by atoms with E-state index in [1.54, 1.807) is 6.92 Å². The molecule has 0 aromatic rings. The summed E-state index contributed by atoms with van der Waals surface area (Å²) >= 11 is 0. The summed E-state index contributed by atoms with van der Waals surface area (Å²) < 4.78 is 32.5. The fourth-order valence-electron chi connectivity index (χ4n) is 5.79. The van der Waals surface area contributed by atoms with Gasteiger partial charge in [0.25, 0.3) is 0 Å². The van der Waals surface area contributed by atoms with Crippen LogP contribution in [0.5, 0.6) is 0 Å². The van der Waals surface area contributed by atoms with Gasteiger partial charge in [-0.1, -0.05) is 170 Å². The van der Waals surface area contributed by atoms with Crippen LogP contribution in [-0.2, 0) is 32.7 Å². The first-order chi connectivity index (χ1) is 27.3. The van der Waals surface area contributed by atoms with Crippen LogP contribution in [0.1, 0.15) is 188 Å². The largest absolute Gasteiger partial charge is 0.472 e. The number of rotatable bonds is 40. The Balaban J connectivity index is 4.07. The number of esters is 2. The highest BCUT2D eigenvalue weighted by Gasteiger charge is 2.25. The maximum absolute atomic E-state index is 12.5. The number of hydrogen-bond acceptors (Lipinski definition) is 7. The Morgan fingerprint density at radius 3 is 1.45 bits per heavy atom. The SMILES string of the molecule is CC/C=C\C/C=C\C/C=C\C/C=C\CCC(=O)OC(COC(=O)CCCCCCCCCCCCC/C=C\C/C=C\CCCCCCC)COP(=O)(O)OCC. The summed E-state index contributed by atoms with van der Waals surface area (Å²) in [5.41, 5.74) is 0. The molecule has 56 heavy (non-hydrogen) atoms. The Kier molecular flexibility index (Phi) is 40.2. The molecule has 0 amide bonds. The molecule has 0 aromatic carbocycles. The van der Waals surface area contributed by atoms with Gasteiger partial charge >= 0.3 is 19.8 Å². The number of phosphoric acid groups is 1. The van der Waals surface area contributed by atoms with Crippen molar-refractivity contribution in [3.05, 3.63) is 72.9 Å². The first kappa shape index (κ1) is 53.5. The molecule has 0 fully saturated rings. The summed E-state index contributed by atoms with van der Waals surface area (Å²) in [7, 11) is -4.30. The van der Waals surface area contributed by atoms with Gasteiger partial charge in [0.15, 0.2) is 6.10 Å². The van der Waals surface area contributed by atoms with E-state index in [2.05, 4.69) is 74.6 Å². The predicted molar refractivity (Wildman–Crippen MR) is 234 cm³/mol. The third kappa shape index (κ3) is 41.1. The molecule has 2 unspecified atom stereocenters. The van der Waals surface area contributed by atoms with E-state index in [1.807, 2.05) is 12.2 Å². The van der Waals surface area contributed by atoms with E-state index in [0.717, 1.165) is 51.4 Å². The Morgan fingerprint density at radius 1 is 0.500 bits per heavy atom. The molecule has 9 heteroatoms. The molecule has 0 aliphatic carbocycles. The van der Waals surface area contributed by atoms with Crippen molar-refractivity contribution in [3.63, 3.8) is 0 Å². The molecule has 0 heterocycles. The van der Waals surface area contributed by atoms with E-state index in [4.69, 9.17) is 18.5 Å². The zero-order chi connectivity index (χ0) is 41.1. The Bertz CT molecular complexity index is 1140. The average molecular weight is 805 g/mol. The molecule has 8 nitrogen and oxygen atoms in total. The van der Waals surface area contributed by atoms with E-state index in [0.29, 0.717) is 6.42 Å². The molecule has 1 N–H and O–H groups in total. The van der Waals surface area contributed by atoms with E-state index < -0.39 is 32.5 Å². The van der Waals surface area contributed by atoms with Crippen molar-refractivity contribution in [2.24, 2.45) is 0 Å². The van der Waals surface area contributed by atoms with E-state index in [-0.39, 0.29) is 26.1 Å². The highest BCUT2D eigenvalue weighted by Crippen LogP contribution is 2.43. The summed E-state index contributed by atoms with van der Waals surface area (Å²) in [5.74, 6) is -0.898. The van der Waals surface area contributed by atoms with Gasteiger partial charge in [0, 0.05) is 12.8 Å². The molecule has 0 aliphatic heterocycles. The van der Waals surface area contributed by atoms with E-state index in [1.165, 1.54) is 96.3 Å². The van der Waals surface area contributed by atoms with Crippen molar-refractivity contribution in [2.45, 2.75) is 194 Å². The maximum Gasteiger partial charge on any atom is 0.472 e. The highest BCUT2D eigenvalue weighted by molar-refractivity contribution is 7.47. The zero-order valence-electron chi connectivity index (χ0n) is 35.8. The van der Waals surface area contributed by atoms with Gasteiger partial charge in [0.2, 0.25) is 0 Å². The minimum absolute atomic E-state index is 0.0155. The van der Waals surface area contributed by atoms with Gasteiger partial charge in [0.1, 0.15) is 6.61 Å². The van der Waals surface area contributed by atoms with Crippen LogP contribution in [0.25, 0.3) is 0 Å². The zero-order valence-corrected chi connectivity index (χ0v) is 36.7. The van der Waals surface area contributed by atoms with Crippen LogP contribution in [0.15, 0.2) is 72.9 Å². The lowest BCUT2D eigenvalue weighted by atomic mass is 10.0. The number of carbonyl (C=O) groups excluding carboxylic acids is 2. The summed E-state index contributed by atoms with van der Waals surface area (Å²) in [4.78, 5) is 34.7. The molecule has 0 spiro atoms. The third-order valence-corrected chi connectivity index (χ3v) is 10.1. The number of ether oxygens (including phenoxy) is 2. The molecule has 0 aromatic heterocycles. The molecular formula is C47H81O8P. The monoisotopic (exact) mass is 805 g/mol. The number of carbonyl (C=O) groups is 2. The Labute approximate surface area is 343 Å². The highest BCUT2D eigenvalue weighted by atomic mass is 31.2. The van der Waals surface area contributed by atoms with Gasteiger partial charge in [0.05, 0.1) is 13.2 Å². The molecule has 0 bridgehead atoms. The second kappa shape index (κ2) is 42.1. The summed E-state index contributed by atoms with van der Waals surface area (Å²) in [6, 6.07) is 0. The van der Waals surface area contributed by atoms with Gasteiger partial charge < -0.3 is 14.4 Å².